The Morgan fingerprint density at radius 2 is 1.44 bits per heavy atom. The first-order chi connectivity index (χ1) is 11.8. The first-order valence-electron chi connectivity index (χ1n) is 7.73. The van der Waals surface area contributed by atoms with Crippen molar-refractivity contribution in [2.75, 3.05) is 26.9 Å². The van der Waals surface area contributed by atoms with Crippen LogP contribution in [0.1, 0.15) is 33.1 Å². The van der Waals surface area contributed by atoms with Crippen LogP contribution in [0.2, 0.25) is 0 Å². The predicted molar refractivity (Wildman–Crippen MR) is 95.8 cm³/mol. The normalized spacial score (nSPS) is 8.32. The second kappa shape index (κ2) is 21.6. The van der Waals surface area contributed by atoms with E-state index in [2.05, 4.69) is 33.9 Å². The van der Waals surface area contributed by atoms with Crippen LogP contribution in [0.25, 0.3) is 0 Å². The molecule has 0 spiro atoms. The minimum atomic E-state index is -0.441. The lowest BCUT2D eigenvalue weighted by atomic mass is 10.4. The fourth-order valence-corrected chi connectivity index (χ4v) is 0.846. The van der Waals surface area contributed by atoms with E-state index in [1.54, 1.807) is 6.92 Å². The van der Waals surface area contributed by atoms with E-state index in [4.69, 9.17) is 5.11 Å². The van der Waals surface area contributed by atoms with Crippen molar-refractivity contribution in [2.24, 2.45) is 0 Å². The highest BCUT2D eigenvalue weighted by Gasteiger charge is 1.95. The van der Waals surface area contributed by atoms with Crippen molar-refractivity contribution in [3.8, 4) is 0 Å². The van der Waals surface area contributed by atoms with Crippen molar-refractivity contribution in [1.82, 2.24) is 0 Å². The summed E-state index contributed by atoms with van der Waals surface area (Å²) in [6, 6.07) is 0. The van der Waals surface area contributed by atoms with Crippen LogP contribution in [-0.4, -0.2) is 49.9 Å². The quantitative estimate of drug-likeness (QED) is 0.292. The monoisotopic (exact) mass is 358 g/mol. The van der Waals surface area contributed by atoms with Crippen LogP contribution >= 0.6 is 0 Å². The smallest absolute Gasteiger partial charge is 0.332 e. The molecule has 0 aliphatic heterocycles. The molecule has 0 atom stereocenters. The third kappa shape index (κ3) is 26.8. The molecule has 0 rings (SSSR count). The Hall–Kier alpha value is -2.41. The van der Waals surface area contributed by atoms with Gasteiger partial charge in [-0.1, -0.05) is 33.1 Å². The van der Waals surface area contributed by atoms with Crippen molar-refractivity contribution in [2.45, 2.75) is 33.1 Å². The minimum absolute atomic E-state index is 0.0461. The number of methoxy groups -OCH3 is 1. The molecule has 0 saturated carbocycles. The van der Waals surface area contributed by atoms with Gasteiger partial charge in [-0.25, -0.2) is 14.4 Å². The molecule has 0 amide bonds. The predicted octanol–water partition coefficient (Wildman–Crippen LogP) is 2.35. The van der Waals surface area contributed by atoms with E-state index >= 15 is 0 Å². The van der Waals surface area contributed by atoms with Crippen LogP contribution in [0.4, 0.5) is 0 Å². The highest BCUT2D eigenvalue weighted by Crippen LogP contribution is 1.88. The van der Waals surface area contributed by atoms with Gasteiger partial charge in [0, 0.05) is 30.8 Å². The Bertz CT molecular complexity index is 388. The van der Waals surface area contributed by atoms with Crippen LogP contribution in [0.15, 0.2) is 37.5 Å². The lowest BCUT2D eigenvalue weighted by Crippen LogP contribution is -2.02. The summed E-state index contributed by atoms with van der Waals surface area (Å²) in [5, 5.41) is 8.23. The number of esters is 3. The van der Waals surface area contributed by atoms with Crippen LogP contribution in [0.3, 0.4) is 0 Å². The summed E-state index contributed by atoms with van der Waals surface area (Å²) in [5.74, 6) is -1.12. The van der Waals surface area contributed by atoms with Crippen molar-refractivity contribution < 1.29 is 33.7 Å². The van der Waals surface area contributed by atoms with Gasteiger partial charge in [-0.2, -0.15) is 0 Å². The Kier molecular flexibility index (Phi) is 23.7. The summed E-state index contributed by atoms with van der Waals surface area (Å²) in [6.45, 7) is 14.3. The molecule has 1 N–H and O–H groups in total. The molecule has 0 fully saturated rings. The van der Waals surface area contributed by atoms with E-state index in [0.29, 0.717) is 18.6 Å². The summed E-state index contributed by atoms with van der Waals surface area (Å²) in [6.07, 6.45) is 4.73. The van der Waals surface area contributed by atoms with Gasteiger partial charge < -0.3 is 19.3 Å². The standard InChI is InChI=1S/C7H12O2.C6H10O3.C5H8O2/c1-3-5-6-9-7(8)4-2;1-2-6(8)9-5-3-4-7;1-4(2)5(6)7-3/h4H,2-3,5-6H2,1H3;2,7H,1,3-5H2;1H2,2-3H3. The molecule has 0 aromatic heterocycles. The molecule has 0 aliphatic rings. The van der Waals surface area contributed by atoms with Crippen molar-refractivity contribution >= 4 is 17.9 Å². The SMILES string of the molecule is C=C(C)C(=O)OC.C=CC(=O)OCCCC.C=CC(=O)OCCCO. The molecule has 0 unspecified atom stereocenters. The first-order valence-corrected chi connectivity index (χ1v) is 7.73. The second-order valence-electron chi connectivity index (χ2n) is 4.45. The summed E-state index contributed by atoms with van der Waals surface area (Å²) < 4.78 is 13.5. The zero-order valence-corrected chi connectivity index (χ0v) is 15.4. The van der Waals surface area contributed by atoms with Crippen LogP contribution < -0.4 is 0 Å². The van der Waals surface area contributed by atoms with Gasteiger partial charge in [0.05, 0.1) is 20.3 Å². The number of ether oxygens (including phenoxy) is 3. The van der Waals surface area contributed by atoms with Crippen molar-refractivity contribution in [3.63, 3.8) is 0 Å². The lowest BCUT2D eigenvalue weighted by molar-refractivity contribution is -0.138. The Morgan fingerprint density at radius 1 is 1.00 bits per heavy atom. The number of aliphatic hydroxyl groups excluding tert-OH is 1. The Labute approximate surface area is 150 Å². The van der Waals surface area contributed by atoms with Gasteiger partial charge in [0.15, 0.2) is 0 Å². The summed E-state index contributed by atoms with van der Waals surface area (Å²) in [4.78, 5) is 30.8. The van der Waals surface area contributed by atoms with Gasteiger partial charge in [-0.05, 0) is 13.3 Å². The molecule has 144 valence electrons. The highest BCUT2D eigenvalue weighted by molar-refractivity contribution is 5.86. The number of carbonyl (C=O) groups is 3. The van der Waals surface area contributed by atoms with E-state index < -0.39 is 5.97 Å². The molecule has 0 aromatic carbocycles. The fourth-order valence-electron chi connectivity index (χ4n) is 0.846. The van der Waals surface area contributed by atoms with Gasteiger partial charge in [0.25, 0.3) is 0 Å². The van der Waals surface area contributed by atoms with E-state index in [1.165, 1.54) is 13.2 Å². The molecule has 0 saturated heterocycles. The van der Waals surface area contributed by atoms with E-state index in [0.717, 1.165) is 18.9 Å². The van der Waals surface area contributed by atoms with E-state index in [-0.39, 0.29) is 25.2 Å². The molecule has 0 radical (unpaired) electrons. The molecule has 0 bridgehead atoms. The summed E-state index contributed by atoms with van der Waals surface area (Å²) in [5.41, 5.74) is 0.433. The Balaban J connectivity index is -0.000000293. The van der Waals surface area contributed by atoms with Gasteiger partial charge in [0.2, 0.25) is 0 Å². The maximum atomic E-state index is 10.3. The lowest BCUT2D eigenvalue weighted by Gasteiger charge is -1.97. The van der Waals surface area contributed by atoms with Gasteiger partial charge in [-0.3, -0.25) is 0 Å². The molecule has 0 aliphatic carbocycles. The Morgan fingerprint density at radius 3 is 1.68 bits per heavy atom. The molecule has 25 heavy (non-hydrogen) atoms. The maximum Gasteiger partial charge on any atom is 0.332 e. The number of hydrogen-bond acceptors (Lipinski definition) is 7. The maximum absolute atomic E-state index is 10.3. The zero-order valence-electron chi connectivity index (χ0n) is 15.4. The third-order valence-corrected chi connectivity index (χ3v) is 2.16. The molecular weight excluding hydrogens is 328 g/mol. The molecule has 0 heterocycles. The number of carbonyl (C=O) groups excluding carboxylic acids is 3. The van der Waals surface area contributed by atoms with Gasteiger partial charge in [0.1, 0.15) is 0 Å². The minimum Gasteiger partial charge on any atom is -0.466 e. The first kappa shape index (κ1) is 27.4. The number of hydrogen-bond donors (Lipinski definition) is 1. The van der Waals surface area contributed by atoms with E-state index in [1.807, 2.05) is 6.92 Å². The van der Waals surface area contributed by atoms with Crippen LogP contribution in [-0.2, 0) is 28.6 Å². The summed E-state index contributed by atoms with van der Waals surface area (Å²) in [7, 11) is 1.33. The number of rotatable bonds is 9. The molecule has 7 heteroatoms. The average molecular weight is 358 g/mol. The molecular formula is C18H30O7. The second-order valence-corrected chi connectivity index (χ2v) is 4.45. The fraction of sp³-hybridized carbons (Fsp3) is 0.500. The number of unbranched alkanes of at least 4 members (excludes halogenated alkanes) is 1. The zero-order chi connectivity index (χ0) is 20.1. The van der Waals surface area contributed by atoms with E-state index in [9.17, 15) is 14.4 Å². The summed E-state index contributed by atoms with van der Waals surface area (Å²) >= 11 is 0. The third-order valence-electron chi connectivity index (χ3n) is 2.16. The van der Waals surface area contributed by atoms with Gasteiger partial charge in [-0.15, -0.1) is 0 Å². The molecule has 0 aromatic rings. The largest absolute Gasteiger partial charge is 0.466 e. The van der Waals surface area contributed by atoms with Crippen LogP contribution in [0.5, 0.6) is 0 Å². The van der Waals surface area contributed by atoms with Gasteiger partial charge >= 0.3 is 17.9 Å². The topological polar surface area (TPSA) is 99.1 Å². The average Bonchev–Trinajstić information content (AvgIpc) is 2.62. The highest BCUT2D eigenvalue weighted by atomic mass is 16.5. The van der Waals surface area contributed by atoms with Crippen LogP contribution in [0, 0.1) is 0 Å². The number of aliphatic hydroxyl groups is 1. The molecule has 7 nitrogen and oxygen atoms in total. The van der Waals surface area contributed by atoms with Crippen molar-refractivity contribution in [3.05, 3.63) is 37.5 Å². The van der Waals surface area contributed by atoms with Crippen molar-refractivity contribution in [1.29, 1.82) is 0 Å².